The molecule has 0 heterocycles. The Hall–Kier alpha value is -3.20. The van der Waals surface area contributed by atoms with Gasteiger partial charge in [0.25, 0.3) is 0 Å². The van der Waals surface area contributed by atoms with Gasteiger partial charge in [0.1, 0.15) is 0 Å². The zero-order valence-electron chi connectivity index (χ0n) is 15.3. The first-order valence-electron chi connectivity index (χ1n) is 8.26. The summed E-state index contributed by atoms with van der Waals surface area (Å²) < 4.78 is 10.5. The molecule has 2 rings (SSSR count). The van der Waals surface area contributed by atoms with Gasteiger partial charge < -0.3 is 19.7 Å². The van der Waals surface area contributed by atoms with Crippen LogP contribution in [0.25, 0.3) is 0 Å². The second kappa shape index (κ2) is 9.33. The fourth-order valence-corrected chi connectivity index (χ4v) is 2.57. The lowest BCUT2D eigenvalue weighted by Crippen LogP contribution is -2.37. The van der Waals surface area contributed by atoms with E-state index >= 15 is 0 Å². The van der Waals surface area contributed by atoms with Crippen molar-refractivity contribution in [1.82, 2.24) is 10.2 Å². The maximum absolute atomic E-state index is 12.2. The number of hydrogen-bond donors (Lipinski definition) is 1. The zero-order valence-corrected chi connectivity index (χ0v) is 15.3. The van der Waals surface area contributed by atoms with E-state index in [4.69, 9.17) is 14.7 Å². The van der Waals surface area contributed by atoms with Crippen molar-refractivity contribution in [3.8, 4) is 17.6 Å². The van der Waals surface area contributed by atoms with Crippen molar-refractivity contribution in [2.45, 2.75) is 13.0 Å². The number of nitrogens with one attached hydrogen (secondary N) is 1. The van der Waals surface area contributed by atoms with Crippen LogP contribution in [0.2, 0.25) is 0 Å². The molecule has 0 atom stereocenters. The number of benzene rings is 2. The molecule has 136 valence electrons. The van der Waals surface area contributed by atoms with E-state index in [1.165, 1.54) is 0 Å². The Kier molecular flexibility index (Phi) is 6.86. The van der Waals surface area contributed by atoms with Gasteiger partial charge in [0.15, 0.2) is 11.5 Å². The molecular formula is C20H23N3O3. The Balaban J connectivity index is 1.85. The second-order valence-electron chi connectivity index (χ2n) is 5.84. The minimum Gasteiger partial charge on any atom is -0.493 e. The van der Waals surface area contributed by atoms with Crippen LogP contribution in [0.15, 0.2) is 42.5 Å². The molecule has 0 radical (unpaired) electrons. The van der Waals surface area contributed by atoms with Crippen LogP contribution in [0.1, 0.15) is 16.7 Å². The monoisotopic (exact) mass is 353 g/mol. The lowest BCUT2D eigenvalue weighted by molar-refractivity contribution is 0.207. The summed E-state index contributed by atoms with van der Waals surface area (Å²) in [4.78, 5) is 13.8. The van der Waals surface area contributed by atoms with Gasteiger partial charge >= 0.3 is 6.03 Å². The number of ether oxygens (including phenoxy) is 2. The quantitative estimate of drug-likeness (QED) is 0.830. The molecule has 0 aliphatic heterocycles. The number of urea groups is 1. The number of nitrogens with zero attached hydrogens (tertiary/aromatic N) is 2. The summed E-state index contributed by atoms with van der Waals surface area (Å²) >= 11 is 0. The average molecular weight is 353 g/mol. The molecule has 0 saturated heterocycles. The molecule has 6 heteroatoms. The Morgan fingerprint density at radius 2 is 1.88 bits per heavy atom. The first-order chi connectivity index (χ1) is 12.6. The SMILES string of the molecule is COc1ccc(CCNC(=O)N(C)Cc2cccc(C#N)c2)cc1OC. The molecule has 0 fully saturated rings. The summed E-state index contributed by atoms with van der Waals surface area (Å²) in [5.74, 6) is 1.35. The fourth-order valence-electron chi connectivity index (χ4n) is 2.57. The van der Waals surface area contributed by atoms with Crippen molar-refractivity contribution in [2.24, 2.45) is 0 Å². The summed E-state index contributed by atoms with van der Waals surface area (Å²) in [5.41, 5.74) is 2.55. The van der Waals surface area contributed by atoms with Crippen LogP contribution in [0.4, 0.5) is 4.79 Å². The summed E-state index contributed by atoms with van der Waals surface area (Å²) in [6, 6.07) is 14.9. The molecule has 0 saturated carbocycles. The molecule has 0 aliphatic carbocycles. The fraction of sp³-hybridized carbons (Fsp3) is 0.300. The highest BCUT2D eigenvalue weighted by Crippen LogP contribution is 2.27. The van der Waals surface area contributed by atoms with E-state index in [0.717, 1.165) is 11.1 Å². The number of amides is 2. The standard InChI is InChI=1S/C20H23N3O3/c1-23(14-17-6-4-5-16(11-17)13-21)20(24)22-10-9-15-7-8-18(25-2)19(12-15)26-3/h4-8,11-12H,9-10,14H2,1-3H3,(H,22,24). The smallest absolute Gasteiger partial charge is 0.317 e. The molecule has 6 nitrogen and oxygen atoms in total. The van der Waals surface area contributed by atoms with Crippen molar-refractivity contribution in [2.75, 3.05) is 27.8 Å². The Morgan fingerprint density at radius 3 is 2.58 bits per heavy atom. The van der Waals surface area contributed by atoms with E-state index < -0.39 is 0 Å². The highest BCUT2D eigenvalue weighted by atomic mass is 16.5. The number of methoxy groups -OCH3 is 2. The maximum Gasteiger partial charge on any atom is 0.317 e. The van der Waals surface area contributed by atoms with Crippen LogP contribution in [0.3, 0.4) is 0 Å². The number of rotatable bonds is 7. The predicted octanol–water partition coefficient (Wildman–Crippen LogP) is 2.96. The molecular weight excluding hydrogens is 330 g/mol. The van der Waals surface area contributed by atoms with Gasteiger partial charge in [-0.3, -0.25) is 0 Å². The molecule has 0 aromatic heterocycles. The van der Waals surface area contributed by atoms with Gasteiger partial charge in [0, 0.05) is 20.1 Å². The van der Waals surface area contributed by atoms with Crippen molar-refractivity contribution < 1.29 is 14.3 Å². The first kappa shape index (κ1) is 19.1. The first-order valence-corrected chi connectivity index (χ1v) is 8.26. The molecule has 0 aliphatic rings. The van der Waals surface area contributed by atoms with E-state index in [1.807, 2.05) is 30.3 Å². The number of nitriles is 1. The van der Waals surface area contributed by atoms with Crippen LogP contribution >= 0.6 is 0 Å². The molecule has 26 heavy (non-hydrogen) atoms. The van der Waals surface area contributed by atoms with Crippen molar-refractivity contribution >= 4 is 6.03 Å². The third-order valence-corrected chi connectivity index (χ3v) is 3.96. The third-order valence-electron chi connectivity index (χ3n) is 3.96. The van der Waals surface area contributed by atoms with Gasteiger partial charge in [-0.1, -0.05) is 18.2 Å². The van der Waals surface area contributed by atoms with Crippen molar-refractivity contribution in [3.63, 3.8) is 0 Å². The third kappa shape index (κ3) is 5.15. The summed E-state index contributed by atoms with van der Waals surface area (Å²) in [5, 5.41) is 11.8. The lowest BCUT2D eigenvalue weighted by atomic mass is 10.1. The molecule has 0 unspecified atom stereocenters. The largest absolute Gasteiger partial charge is 0.493 e. The van der Waals surface area contributed by atoms with Crippen LogP contribution in [0.5, 0.6) is 11.5 Å². The Labute approximate surface area is 153 Å². The number of carbonyl (C=O) groups excluding carboxylic acids is 1. The van der Waals surface area contributed by atoms with Crippen molar-refractivity contribution in [3.05, 3.63) is 59.2 Å². The molecule has 2 amide bonds. The van der Waals surface area contributed by atoms with E-state index in [0.29, 0.717) is 36.6 Å². The van der Waals surface area contributed by atoms with Crippen molar-refractivity contribution in [1.29, 1.82) is 5.26 Å². The topological polar surface area (TPSA) is 74.6 Å². The summed E-state index contributed by atoms with van der Waals surface area (Å²) in [7, 11) is 4.92. The average Bonchev–Trinajstić information content (AvgIpc) is 2.67. The van der Waals surface area contributed by atoms with Gasteiger partial charge in [-0.2, -0.15) is 5.26 Å². The molecule has 2 aromatic carbocycles. The van der Waals surface area contributed by atoms with Gasteiger partial charge in [-0.05, 0) is 41.8 Å². The van der Waals surface area contributed by atoms with Crippen LogP contribution in [-0.4, -0.2) is 38.7 Å². The van der Waals surface area contributed by atoms with E-state index in [9.17, 15) is 4.79 Å². The van der Waals surface area contributed by atoms with Gasteiger partial charge in [0.05, 0.1) is 25.9 Å². The Morgan fingerprint density at radius 1 is 1.12 bits per heavy atom. The molecule has 0 bridgehead atoms. The van der Waals surface area contributed by atoms with Gasteiger partial charge in [-0.15, -0.1) is 0 Å². The molecule has 1 N–H and O–H groups in total. The molecule has 2 aromatic rings. The Bertz CT molecular complexity index is 799. The lowest BCUT2D eigenvalue weighted by Gasteiger charge is -2.18. The summed E-state index contributed by atoms with van der Waals surface area (Å²) in [6.45, 7) is 0.953. The normalized spacial score (nSPS) is 9.92. The minimum absolute atomic E-state index is 0.159. The van der Waals surface area contributed by atoms with E-state index in [1.54, 1.807) is 38.3 Å². The maximum atomic E-state index is 12.2. The van der Waals surface area contributed by atoms with E-state index in [2.05, 4.69) is 11.4 Å². The van der Waals surface area contributed by atoms with E-state index in [-0.39, 0.29) is 6.03 Å². The number of carbonyl (C=O) groups is 1. The number of hydrogen-bond acceptors (Lipinski definition) is 4. The van der Waals surface area contributed by atoms with Gasteiger partial charge in [0.2, 0.25) is 0 Å². The van der Waals surface area contributed by atoms with Gasteiger partial charge in [-0.25, -0.2) is 4.79 Å². The minimum atomic E-state index is -0.159. The molecule has 0 spiro atoms. The zero-order chi connectivity index (χ0) is 18.9. The van der Waals surface area contributed by atoms with Crippen LogP contribution < -0.4 is 14.8 Å². The highest BCUT2D eigenvalue weighted by molar-refractivity contribution is 5.73. The second-order valence-corrected chi connectivity index (χ2v) is 5.84. The van der Waals surface area contributed by atoms with Crippen LogP contribution in [0, 0.1) is 11.3 Å². The predicted molar refractivity (Wildman–Crippen MR) is 99.3 cm³/mol. The summed E-state index contributed by atoms with van der Waals surface area (Å²) in [6.07, 6.45) is 0.684. The van der Waals surface area contributed by atoms with Crippen LogP contribution in [-0.2, 0) is 13.0 Å². The highest BCUT2D eigenvalue weighted by Gasteiger charge is 2.10.